The van der Waals surface area contributed by atoms with Crippen LogP contribution < -0.4 is 0 Å². The predicted molar refractivity (Wildman–Crippen MR) is 108 cm³/mol. The quantitative estimate of drug-likeness (QED) is 0.403. The Balaban J connectivity index is 1.54. The summed E-state index contributed by atoms with van der Waals surface area (Å²) in [7, 11) is 1.40. The molecule has 0 unspecified atom stereocenters. The SMILES string of the molecule is COC(=O)c1ccc(-c2ccc(/C=C/c3nc4ccccc4s3)s2)s1. The van der Waals surface area contributed by atoms with Gasteiger partial charge in [-0.05, 0) is 48.6 Å². The first-order valence-electron chi connectivity index (χ1n) is 7.55. The molecule has 0 amide bonds. The van der Waals surface area contributed by atoms with Gasteiger partial charge in [0, 0.05) is 14.6 Å². The van der Waals surface area contributed by atoms with Crippen LogP contribution in [-0.2, 0) is 4.74 Å². The van der Waals surface area contributed by atoms with Crippen molar-refractivity contribution in [3.8, 4) is 9.75 Å². The number of esters is 1. The second-order valence-electron chi connectivity index (χ2n) is 5.21. The monoisotopic (exact) mass is 383 g/mol. The summed E-state index contributed by atoms with van der Waals surface area (Å²) in [4.78, 5) is 20.2. The number of hydrogen-bond donors (Lipinski definition) is 0. The third-order valence-corrected chi connectivity index (χ3v) is 6.88. The van der Waals surface area contributed by atoms with Crippen molar-refractivity contribution in [2.24, 2.45) is 0 Å². The highest BCUT2D eigenvalue weighted by Gasteiger charge is 2.11. The molecule has 1 aromatic carbocycles. The number of fused-ring (bicyclic) bond motifs is 1. The summed E-state index contributed by atoms with van der Waals surface area (Å²) >= 11 is 4.83. The smallest absolute Gasteiger partial charge is 0.348 e. The molecule has 4 aromatic rings. The molecule has 0 aliphatic heterocycles. The largest absolute Gasteiger partial charge is 0.465 e. The molecule has 0 fully saturated rings. The molecule has 0 saturated heterocycles. The third-order valence-electron chi connectivity index (χ3n) is 3.56. The van der Waals surface area contributed by atoms with Crippen molar-refractivity contribution in [1.82, 2.24) is 4.98 Å². The van der Waals surface area contributed by atoms with E-state index in [1.54, 1.807) is 22.7 Å². The van der Waals surface area contributed by atoms with Gasteiger partial charge in [-0.3, -0.25) is 0 Å². The van der Waals surface area contributed by atoms with Crippen molar-refractivity contribution in [3.63, 3.8) is 0 Å². The number of aromatic nitrogens is 1. The molecule has 0 spiro atoms. The second kappa shape index (κ2) is 6.92. The topological polar surface area (TPSA) is 39.2 Å². The van der Waals surface area contributed by atoms with Gasteiger partial charge in [-0.15, -0.1) is 34.0 Å². The van der Waals surface area contributed by atoms with E-state index in [0.29, 0.717) is 4.88 Å². The van der Waals surface area contributed by atoms with Gasteiger partial charge >= 0.3 is 5.97 Å². The number of nitrogens with zero attached hydrogens (tertiary/aromatic N) is 1. The van der Waals surface area contributed by atoms with Crippen LogP contribution in [0, 0.1) is 0 Å². The average molecular weight is 384 g/mol. The normalized spacial score (nSPS) is 11.4. The fraction of sp³-hybridized carbons (Fsp3) is 0.0526. The minimum absolute atomic E-state index is 0.288. The maximum Gasteiger partial charge on any atom is 0.348 e. The van der Waals surface area contributed by atoms with E-state index in [1.807, 2.05) is 30.3 Å². The highest BCUT2D eigenvalue weighted by Crippen LogP contribution is 2.34. The van der Waals surface area contributed by atoms with Gasteiger partial charge in [0.2, 0.25) is 0 Å². The molecular formula is C19H13NO2S3. The maximum atomic E-state index is 11.6. The molecular weight excluding hydrogens is 370 g/mol. The summed E-state index contributed by atoms with van der Waals surface area (Å²) in [6, 6.07) is 16.1. The van der Waals surface area contributed by atoms with Crippen molar-refractivity contribution in [2.75, 3.05) is 7.11 Å². The Morgan fingerprint density at radius 2 is 1.76 bits per heavy atom. The summed E-state index contributed by atoms with van der Waals surface area (Å²) in [5.41, 5.74) is 1.04. The van der Waals surface area contributed by atoms with Crippen LogP contribution in [0.25, 0.3) is 32.1 Å². The Labute approximate surface area is 156 Å². The molecule has 0 aliphatic rings. The fourth-order valence-corrected chi connectivity index (χ4v) is 5.17. The van der Waals surface area contributed by atoms with Crippen LogP contribution in [0.15, 0.2) is 48.5 Å². The molecule has 0 aliphatic carbocycles. The Bertz CT molecular complexity index is 1040. The van der Waals surface area contributed by atoms with Gasteiger partial charge in [-0.2, -0.15) is 0 Å². The zero-order valence-corrected chi connectivity index (χ0v) is 15.7. The van der Waals surface area contributed by atoms with Gasteiger partial charge < -0.3 is 4.74 Å². The molecule has 3 aromatic heterocycles. The van der Waals surface area contributed by atoms with E-state index in [1.165, 1.54) is 23.1 Å². The number of carbonyl (C=O) groups is 1. The van der Waals surface area contributed by atoms with Crippen LogP contribution in [0.3, 0.4) is 0 Å². The Morgan fingerprint density at radius 3 is 2.60 bits per heavy atom. The standard InChI is InChI=1S/C19H13NO2S3/c1-22-19(21)17-10-9-16(24-17)15-8-6-12(23-15)7-11-18-20-13-4-2-3-5-14(13)25-18/h2-11H,1H3/b11-7+. The van der Waals surface area contributed by atoms with Crippen molar-refractivity contribution in [1.29, 1.82) is 0 Å². The van der Waals surface area contributed by atoms with E-state index in [4.69, 9.17) is 4.74 Å². The average Bonchev–Trinajstić information content (AvgIpc) is 3.37. The number of thiophene rings is 2. The van der Waals surface area contributed by atoms with Gasteiger partial charge in [0.15, 0.2) is 0 Å². The second-order valence-corrected chi connectivity index (χ2v) is 8.47. The molecule has 0 saturated carbocycles. The maximum absolute atomic E-state index is 11.6. The van der Waals surface area contributed by atoms with Crippen molar-refractivity contribution in [2.45, 2.75) is 0 Å². The molecule has 124 valence electrons. The molecule has 25 heavy (non-hydrogen) atoms. The Hall–Kier alpha value is -2.28. The number of carbonyl (C=O) groups excluding carboxylic acids is 1. The first-order chi connectivity index (χ1) is 12.2. The summed E-state index contributed by atoms with van der Waals surface area (Å²) < 4.78 is 5.96. The van der Waals surface area contributed by atoms with Crippen molar-refractivity contribution in [3.05, 3.63) is 63.3 Å². The lowest BCUT2D eigenvalue weighted by molar-refractivity contribution is 0.0606. The number of methoxy groups -OCH3 is 1. The molecule has 0 atom stereocenters. The zero-order chi connectivity index (χ0) is 17.2. The molecule has 0 radical (unpaired) electrons. The van der Waals surface area contributed by atoms with Gasteiger partial charge in [-0.1, -0.05) is 12.1 Å². The predicted octanol–water partition coefficient (Wildman–Crippen LogP) is 6.04. The number of ether oxygens (including phenoxy) is 1. The Morgan fingerprint density at radius 1 is 0.960 bits per heavy atom. The molecule has 3 nitrogen and oxygen atoms in total. The lowest BCUT2D eigenvalue weighted by atomic mass is 10.3. The molecule has 6 heteroatoms. The number of thiazole rings is 1. The first kappa shape index (κ1) is 16.2. The van der Waals surface area contributed by atoms with Crippen molar-refractivity contribution >= 4 is 62.3 Å². The van der Waals surface area contributed by atoms with E-state index in [2.05, 4.69) is 35.3 Å². The van der Waals surface area contributed by atoms with E-state index < -0.39 is 0 Å². The summed E-state index contributed by atoms with van der Waals surface area (Å²) in [6.45, 7) is 0. The van der Waals surface area contributed by atoms with E-state index in [0.717, 1.165) is 25.2 Å². The minimum atomic E-state index is -0.288. The number of rotatable bonds is 4. The summed E-state index contributed by atoms with van der Waals surface area (Å²) in [5.74, 6) is -0.288. The number of para-hydroxylation sites is 1. The molecule has 4 rings (SSSR count). The summed E-state index contributed by atoms with van der Waals surface area (Å²) in [6.07, 6.45) is 4.13. The van der Waals surface area contributed by atoms with Crippen LogP contribution in [0.4, 0.5) is 0 Å². The lowest BCUT2D eigenvalue weighted by Crippen LogP contribution is -1.96. The van der Waals surface area contributed by atoms with Crippen LogP contribution >= 0.6 is 34.0 Å². The van der Waals surface area contributed by atoms with Gasteiger partial charge in [0.1, 0.15) is 9.88 Å². The number of benzene rings is 1. The van der Waals surface area contributed by atoms with Crippen LogP contribution in [-0.4, -0.2) is 18.1 Å². The zero-order valence-electron chi connectivity index (χ0n) is 13.3. The third kappa shape index (κ3) is 3.42. The van der Waals surface area contributed by atoms with Crippen LogP contribution in [0.5, 0.6) is 0 Å². The van der Waals surface area contributed by atoms with Gasteiger partial charge in [0.05, 0.1) is 17.3 Å². The van der Waals surface area contributed by atoms with Crippen LogP contribution in [0.1, 0.15) is 19.6 Å². The Kier molecular flexibility index (Phi) is 4.48. The fourth-order valence-electron chi connectivity index (χ4n) is 2.37. The first-order valence-corrected chi connectivity index (χ1v) is 10.00. The lowest BCUT2D eigenvalue weighted by Gasteiger charge is -1.92. The van der Waals surface area contributed by atoms with E-state index in [-0.39, 0.29) is 5.97 Å². The van der Waals surface area contributed by atoms with E-state index in [9.17, 15) is 4.79 Å². The van der Waals surface area contributed by atoms with Crippen LogP contribution in [0.2, 0.25) is 0 Å². The van der Waals surface area contributed by atoms with Gasteiger partial charge in [0.25, 0.3) is 0 Å². The molecule has 3 heterocycles. The highest BCUT2D eigenvalue weighted by atomic mass is 32.1. The van der Waals surface area contributed by atoms with Gasteiger partial charge in [-0.25, -0.2) is 9.78 Å². The van der Waals surface area contributed by atoms with E-state index >= 15 is 0 Å². The molecule has 0 bridgehead atoms. The van der Waals surface area contributed by atoms with Crippen molar-refractivity contribution < 1.29 is 9.53 Å². The number of hydrogen-bond acceptors (Lipinski definition) is 6. The summed E-state index contributed by atoms with van der Waals surface area (Å²) in [5, 5.41) is 1.00. The highest BCUT2D eigenvalue weighted by molar-refractivity contribution is 7.23. The molecule has 0 N–H and O–H groups in total. The minimum Gasteiger partial charge on any atom is -0.465 e.